The first-order valence-corrected chi connectivity index (χ1v) is 9.34. The number of nitrogens with zero attached hydrogens (tertiary/aromatic N) is 1. The predicted molar refractivity (Wildman–Crippen MR) is 106 cm³/mol. The minimum Gasteiger partial charge on any atom is -0.427 e. The van der Waals surface area contributed by atoms with Gasteiger partial charge in [-0.05, 0) is 17.0 Å². The first kappa shape index (κ1) is 18.3. The Hall–Kier alpha value is -3.04. The van der Waals surface area contributed by atoms with Crippen molar-refractivity contribution in [3.05, 3.63) is 57.3 Å². The second-order valence-corrected chi connectivity index (χ2v) is 8.42. The van der Waals surface area contributed by atoms with Gasteiger partial charge in [0.05, 0.1) is 17.2 Å². The van der Waals surface area contributed by atoms with Crippen molar-refractivity contribution in [2.24, 2.45) is 5.41 Å². The molecule has 28 heavy (non-hydrogen) atoms. The molecule has 2 aromatic rings. The number of hydrogen-bond acceptors (Lipinski definition) is 5. The number of pyridine rings is 1. The van der Waals surface area contributed by atoms with E-state index in [0.29, 0.717) is 40.6 Å². The van der Waals surface area contributed by atoms with Gasteiger partial charge in [-0.1, -0.05) is 43.6 Å². The van der Waals surface area contributed by atoms with Crippen LogP contribution in [0.2, 0.25) is 5.02 Å². The van der Waals surface area contributed by atoms with E-state index in [4.69, 9.17) is 27.8 Å². The van der Waals surface area contributed by atoms with E-state index >= 15 is 0 Å². The third kappa shape index (κ3) is 2.71. The molecule has 0 saturated heterocycles. The normalized spacial score (nSPS) is 20.1. The van der Waals surface area contributed by atoms with E-state index < -0.39 is 5.92 Å². The third-order valence-corrected chi connectivity index (χ3v) is 5.68. The molecule has 0 fully saturated rings. The number of H-pyrrole nitrogens is 1. The van der Waals surface area contributed by atoms with Crippen molar-refractivity contribution >= 4 is 28.9 Å². The summed E-state index contributed by atoms with van der Waals surface area (Å²) in [5, 5.41) is 10.0. The smallest absolute Gasteiger partial charge is 0.293 e. The average molecular weight is 396 g/mol. The number of nitrogens with one attached hydrogen (secondary N) is 1. The molecule has 4 rings (SSSR count). The number of hydrogen-bond donors (Lipinski definition) is 2. The van der Waals surface area contributed by atoms with E-state index in [1.165, 1.54) is 0 Å². The Balaban J connectivity index is 2.05. The van der Waals surface area contributed by atoms with Crippen molar-refractivity contribution in [2.75, 3.05) is 11.5 Å². The van der Waals surface area contributed by atoms with Crippen LogP contribution in [0, 0.1) is 16.7 Å². The lowest BCUT2D eigenvalue weighted by molar-refractivity contribution is -0.377. The van der Waals surface area contributed by atoms with Crippen LogP contribution in [-0.2, 0) is 4.79 Å². The number of aromatic nitrogens is 1. The minimum absolute atomic E-state index is 0.00319. The number of nitriles is 1. The van der Waals surface area contributed by atoms with Crippen LogP contribution in [0.4, 0.5) is 11.5 Å². The van der Waals surface area contributed by atoms with Gasteiger partial charge in [0.1, 0.15) is 11.8 Å². The molecule has 1 aliphatic carbocycles. The van der Waals surface area contributed by atoms with E-state index in [1.807, 2.05) is 38.1 Å². The molecule has 0 bridgehead atoms. The molecule has 5 N–H and O–H groups in total. The number of halogens is 1. The Morgan fingerprint density at radius 2 is 2.00 bits per heavy atom. The molecule has 1 aromatic heterocycles. The minimum atomic E-state index is -0.528. The largest absolute Gasteiger partial charge is 0.427 e. The van der Waals surface area contributed by atoms with Crippen molar-refractivity contribution in [3.63, 3.8) is 0 Å². The maximum absolute atomic E-state index is 13.2. The molecule has 2 aliphatic rings. The Morgan fingerprint density at radius 1 is 1.29 bits per heavy atom. The molecule has 1 atom stereocenters. The summed E-state index contributed by atoms with van der Waals surface area (Å²) in [5.41, 5.74) is 14.2. The van der Waals surface area contributed by atoms with E-state index in [1.54, 1.807) is 6.07 Å². The molecule has 0 amide bonds. The van der Waals surface area contributed by atoms with E-state index in [2.05, 4.69) is 4.98 Å². The van der Waals surface area contributed by atoms with Gasteiger partial charge in [0, 0.05) is 23.4 Å². The number of ether oxygens (including phenoxy) is 1. The molecular formula is C21H20ClN4O2+. The van der Waals surface area contributed by atoms with Gasteiger partial charge in [-0.3, -0.25) is 10.5 Å². The topological polar surface area (TPSA) is 116 Å². The number of rotatable bonds is 1. The molecule has 2 heterocycles. The highest BCUT2D eigenvalue weighted by molar-refractivity contribution is 6.31. The van der Waals surface area contributed by atoms with Gasteiger partial charge in [0.25, 0.3) is 11.7 Å². The van der Waals surface area contributed by atoms with Crippen molar-refractivity contribution in [1.29, 1.82) is 5.26 Å². The van der Waals surface area contributed by atoms with E-state index in [-0.39, 0.29) is 28.3 Å². The number of anilines is 2. The number of benzene rings is 1. The second kappa shape index (κ2) is 6.25. The van der Waals surface area contributed by atoms with Crippen LogP contribution in [-0.4, -0.2) is 5.78 Å². The second-order valence-electron chi connectivity index (χ2n) is 8.02. The van der Waals surface area contributed by atoms with Crippen molar-refractivity contribution in [1.82, 2.24) is 0 Å². The number of carbonyl (C=O) groups excluding carboxylic acids is 1. The summed E-state index contributed by atoms with van der Waals surface area (Å²) in [5.74, 6) is 0.542. The Kier molecular flexibility index (Phi) is 4.09. The van der Waals surface area contributed by atoms with Gasteiger partial charge in [0.2, 0.25) is 0 Å². The van der Waals surface area contributed by atoms with Crippen molar-refractivity contribution < 1.29 is 14.5 Å². The highest BCUT2D eigenvalue weighted by Gasteiger charge is 2.45. The molecule has 1 aromatic carbocycles. The molecule has 0 saturated carbocycles. The van der Waals surface area contributed by atoms with Crippen LogP contribution in [0.15, 0.2) is 35.6 Å². The van der Waals surface area contributed by atoms with Gasteiger partial charge in [-0.2, -0.15) is 5.26 Å². The summed E-state index contributed by atoms with van der Waals surface area (Å²) in [7, 11) is 0. The van der Waals surface area contributed by atoms with Gasteiger partial charge in [0.15, 0.2) is 11.3 Å². The standard InChI is InChI=1S/C21H19ClN4O2/c1-21(2)7-13(27)16-14(8-21)28-20-17(18(24)11(9-23)19(25)26-20)15(16)10-5-3-4-6-12(10)22/h3-6,15H,7-8H2,1-2H3,(H4,24,25,26)/p+1/t15-/m1/s1. The SMILES string of the molecule is CC1(C)CC(=O)C2=C(C1)Oc1[nH+]c(N)c(C#N)c(N)c1[C@@H]2c1ccccc1Cl. The first-order valence-electron chi connectivity index (χ1n) is 8.96. The van der Waals surface area contributed by atoms with Gasteiger partial charge in [-0.15, -0.1) is 0 Å². The zero-order valence-corrected chi connectivity index (χ0v) is 16.4. The summed E-state index contributed by atoms with van der Waals surface area (Å²) >= 11 is 6.50. The fraction of sp³-hybridized carbons (Fsp3) is 0.286. The van der Waals surface area contributed by atoms with E-state index in [0.717, 1.165) is 5.56 Å². The fourth-order valence-electron chi connectivity index (χ4n) is 4.12. The maximum atomic E-state index is 13.2. The molecule has 0 radical (unpaired) electrons. The lowest BCUT2D eigenvalue weighted by Crippen LogP contribution is -2.35. The van der Waals surface area contributed by atoms with Gasteiger partial charge in [-0.25, -0.2) is 4.98 Å². The number of carbonyl (C=O) groups is 1. The molecule has 0 spiro atoms. The Bertz CT molecular complexity index is 1100. The number of ketones is 1. The number of aromatic amines is 1. The monoisotopic (exact) mass is 395 g/mol. The Labute approximate surface area is 167 Å². The molecule has 0 unspecified atom stereocenters. The molecule has 142 valence electrons. The molecule has 1 aliphatic heterocycles. The fourth-order valence-corrected chi connectivity index (χ4v) is 4.37. The van der Waals surface area contributed by atoms with Crippen molar-refractivity contribution in [3.8, 4) is 11.9 Å². The quantitative estimate of drug-likeness (QED) is 0.767. The van der Waals surface area contributed by atoms with Crippen LogP contribution < -0.4 is 21.2 Å². The average Bonchev–Trinajstić information content (AvgIpc) is 2.59. The number of fused-ring (bicyclic) bond motifs is 1. The van der Waals surface area contributed by atoms with Crippen molar-refractivity contribution in [2.45, 2.75) is 32.6 Å². The third-order valence-electron chi connectivity index (χ3n) is 5.33. The van der Waals surface area contributed by atoms with Crippen LogP contribution in [0.5, 0.6) is 5.88 Å². The summed E-state index contributed by atoms with van der Waals surface area (Å²) < 4.78 is 6.09. The summed E-state index contributed by atoms with van der Waals surface area (Å²) in [6.45, 7) is 4.06. The number of allylic oxidation sites excluding steroid dienone is 2. The van der Waals surface area contributed by atoms with Crippen LogP contribution in [0.3, 0.4) is 0 Å². The zero-order valence-electron chi connectivity index (χ0n) is 15.6. The lowest BCUT2D eigenvalue weighted by atomic mass is 9.70. The first-order chi connectivity index (χ1) is 13.2. The predicted octanol–water partition coefficient (Wildman–Crippen LogP) is 3.36. The van der Waals surface area contributed by atoms with Crippen LogP contribution in [0.1, 0.15) is 49.3 Å². The molecule has 6 nitrogen and oxygen atoms in total. The van der Waals surface area contributed by atoms with Gasteiger partial charge >= 0.3 is 0 Å². The van der Waals surface area contributed by atoms with Gasteiger partial charge < -0.3 is 10.5 Å². The summed E-state index contributed by atoms with van der Waals surface area (Å²) in [6, 6.07) is 9.34. The zero-order chi connectivity index (χ0) is 20.2. The maximum Gasteiger partial charge on any atom is 0.293 e. The summed E-state index contributed by atoms with van der Waals surface area (Å²) in [6.07, 6.45) is 0.997. The highest BCUT2D eigenvalue weighted by atomic mass is 35.5. The van der Waals surface area contributed by atoms with E-state index in [9.17, 15) is 10.1 Å². The molecule has 7 heteroatoms. The van der Waals surface area contributed by atoms with Crippen LogP contribution >= 0.6 is 11.6 Å². The lowest BCUT2D eigenvalue weighted by Gasteiger charge is -2.37. The molecular weight excluding hydrogens is 376 g/mol. The summed E-state index contributed by atoms with van der Waals surface area (Å²) in [4.78, 5) is 16.1. The highest BCUT2D eigenvalue weighted by Crippen LogP contribution is 2.52. The number of Topliss-reactive ketones (excluding diaryl/α,β-unsaturated/α-hetero) is 1. The van der Waals surface area contributed by atoms with Crippen LogP contribution in [0.25, 0.3) is 0 Å². The number of nitrogens with two attached hydrogens (primary N) is 2. The Morgan fingerprint density at radius 3 is 2.68 bits per heavy atom. The number of nitrogen functional groups attached to an aromatic ring is 2.